The number of hydrogen-bond acceptors (Lipinski definition) is 4. The Morgan fingerprint density at radius 3 is 2.52 bits per heavy atom. The average Bonchev–Trinajstić information content (AvgIpc) is 2.47. The quantitative estimate of drug-likeness (QED) is 0.914. The topological polar surface area (TPSA) is 37.4 Å². The Bertz CT molecular complexity index is 599. The monoisotopic (exact) mass is 289 g/mol. The molecule has 1 atom stereocenters. The number of anilines is 2. The summed E-state index contributed by atoms with van der Waals surface area (Å²) in [6.45, 7) is 1.97. The van der Waals surface area contributed by atoms with Crippen LogP contribution in [-0.2, 0) is 0 Å². The van der Waals surface area contributed by atoms with Crippen molar-refractivity contribution < 1.29 is 9.13 Å². The molecule has 1 unspecified atom stereocenters. The zero-order valence-electron chi connectivity index (χ0n) is 12.7. The summed E-state index contributed by atoms with van der Waals surface area (Å²) in [5.74, 6) is 0.788. The van der Waals surface area contributed by atoms with E-state index in [0.29, 0.717) is 0 Å². The van der Waals surface area contributed by atoms with Gasteiger partial charge in [0.15, 0.2) is 11.6 Å². The van der Waals surface area contributed by atoms with Crippen LogP contribution in [-0.4, -0.2) is 26.2 Å². The molecule has 0 amide bonds. The van der Waals surface area contributed by atoms with Crippen molar-refractivity contribution in [3.8, 4) is 5.75 Å². The van der Waals surface area contributed by atoms with Crippen LogP contribution in [0.4, 0.5) is 15.9 Å². The van der Waals surface area contributed by atoms with Gasteiger partial charge in [-0.05, 0) is 36.8 Å². The Kier molecular flexibility index (Phi) is 4.62. The summed E-state index contributed by atoms with van der Waals surface area (Å²) in [4.78, 5) is 6.28. The summed E-state index contributed by atoms with van der Waals surface area (Å²) < 4.78 is 18.6. The Balaban J connectivity index is 2.10. The molecule has 21 heavy (non-hydrogen) atoms. The molecule has 1 aromatic carbocycles. The van der Waals surface area contributed by atoms with Crippen molar-refractivity contribution in [2.75, 3.05) is 31.4 Å². The van der Waals surface area contributed by atoms with E-state index < -0.39 is 0 Å². The highest BCUT2D eigenvalue weighted by atomic mass is 19.1. The number of pyridine rings is 1. The van der Waals surface area contributed by atoms with E-state index in [-0.39, 0.29) is 17.6 Å². The van der Waals surface area contributed by atoms with E-state index >= 15 is 0 Å². The van der Waals surface area contributed by atoms with Crippen molar-refractivity contribution in [1.29, 1.82) is 0 Å². The Labute approximate surface area is 124 Å². The van der Waals surface area contributed by atoms with Crippen molar-refractivity contribution in [2.45, 2.75) is 13.0 Å². The Morgan fingerprint density at radius 2 is 2.00 bits per heavy atom. The molecule has 2 aromatic rings. The first-order valence-electron chi connectivity index (χ1n) is 6.74. The SMILES string of the molecule is COc1ccc(C(C)Nc2ccc(N(C)C)nc2)cc1F. The first kappa shape index (κ1) is 15.1. The standard InChI is InChI=1S/C16H20FN3O/c1-11(12-5-7-15(21-4)14(17)9-12)19-13-6-8-16(18-10-13)20(2)3/h5-11,19H,1-4H3. The third kappa shape index (κ3) is 3.62. The van der Waals surface area contributed by atoms with E-state index in [1.807, 2.05) is 44.1 Å². The fraction of sp³-hybridized carbons (Fsp3) is 0.312. The minimum absolute atomic E-state index is 0.0302. The molecular weight excluding hydrogens is 269 g/mol. The van der Waals surface area contributed by atoms with E-state index in [0.717, 1.165) is 17.1 Å². The Hall–Kier alpha value is -2.30. The highest BCUT2D eigenvalue weighted by molar-refractivity contribution is 5.49. The van der Waals surface area contributed by atoms with Crippen molar-refractivity contribution in [3.05, 3.63) is 47.9 Å². The van der Waals surface area contributed by atoms with Crippen LogP contribution in [0.3, 0.4) is 0 Å². The highest BCUT2D eigenvalue weighted by Crippen LogP contribution is 2.24. The maximum atomic E-state index is 13.7. The lowest BCUT2D eigenvalue weighted by Crippen LogP contribution is -2.11. The van der Waals surface area contributed by atoms with Crippen LogP contribution in [0, 0.1) is 5.82 Å². The van der Waals surface area contributed by atoms with Crippen molar-refractivity contribution in [2.24, 2.45) is 0 Å². The molecule has 0 saturated heterocycles. The van der Waals surface area contributed by atoms with Crippen LogP contribution in [0.1, 0.15) is 18.5 Å². The van der Waals surface area contributed by atoms with Crippen LogP contribution in [0.15, 0.2) is 36.5 Å². The van der Waals surface area contributed by atoms with Gasteiger partial charge < -0.3 is 15.0 Å². The molecule has 0 bridgehead atoms. The third-order valence-corrected chi connectivity index (χ3v) is 3.27. The van der Waals surface area contributed by atoms with Gasteiger partial charge in [0, 0.05) is 20.1 Å². The number of nitrogens with zero attached hydrogens (tertiary/aromatic N) is 2. The van der Waals surface area contributed by atoms with E-state index in [2.05, 4.69) is 10.3 Å². The van der Waals surface area contributed by atoms with Gasteiger partial charge in [-0.3, -0.25) is 0 Å². The largest absolute Gasteiger partial charge is 0.494 e. The van der Waals surface area contributed by atoms with Crippen molar-refractivity contribution >= 4 is 11.5 Å². The lowest BCUT2D eigenvalue weighted by atomic mass is 10.1. The lowest BCUT2D eigenvalue weighted by Gasteiger charge is -2.17. The molecule has 5 heteroatoms. The van der Waals surface area contributed by atoms with Crippen molar-refractivity contribution in [3.63, 3.8) is 0 Å². The van der Waals surface area contributed by atoms with E-state index in [1.165, 1.54) is 13.2 Å². The number of ether oxygens (including phenoxy) is 1. The predicted molar refractivity (Wildman–Crippen MR) is 83.6 cm³/mol. The first-order chi connectivity index (χ1) is 10.0. The molecule has 0 saturated carbocycles. The van der Waals surface area contributed by atoms with Gasteiger partial charge in [-0.1, -0.05) is 6.07 Å². The zero-order valence-corrected chi connectivity index (χ0v) is 12.7. The van der Waals surface area contributed by atoms with Gasteiger partial charge in [-0.2, -0.15) is 0 Å². The van der Waals surface area contributed by atoms with Gasteiger partial charge in [-0.15, -0.1) is 0 Å². The van der Waals surface area contributed by atoms with Gasteiger partial charge in [0.2, 0.25) is 0 Å². The molecule has 1 heterocycles. The molecule has 1 aromatic heterocycles. The van der Waals surface area contributed by atoms with Gasteiger partial charge >= 0.3 is 0 Å². The minimum Gasteiger partial charge on any atom is -0.494 e. The molecule has 112 valence electrons. The summed E-state index contributed by atoms with van der Waals surface area (Å²) in [6, 6.07) is 8.83. The number of benzene rings is 1. The number of halogens is 1. The number of rotatable bonds is 5. The number of methoxy groups -OCH3 is 1. The summed E-state index contributed by atoms with van der Waals surface area (Å²) >= 11 is 0. The third-order valence-electron chi connectivity index (χ3n) is 3.27. The van der Waals surface area contributed by atoms with Gasteiger partial charge in [0.25, 0.3) is 0 Å². The molecule has 4 nitrogen and oxygen atoms in total. The Morgan fingerprint density at radius 1 is 1.24 bits per heavy atom. The summed E-state index contributed by atoms with van der Waals surface area (Å²) in [5.41, 5.74) is 1.74. The predicted octanol–water partition coefficient (Wildman–Crippen LogP) is 3.47. The summed E-state index contributed by atoms with van der Waals surface area (Å²) in [6.07, 6.45) is 1.77. The smallest absolute Gasteiger partial charge is 0.165 e. The molecule has 0 spiro atoms. The molecule has 0 aliphatic carbocycles. The molecule has 2 rings (SSSR count). The molecule has 0 fully saturated rings. The van der Waals surface area contributed by atoms with Gasteiger partial charge in [0.1, 0.15) is 5.82 Å². The van der Waals surface area contributed by atoms with Crippen LogP contribution in [0.2, 0.25) is 0 Å². The minimum atomic E-state index is -0.357. The fourth-order valence-corrected chi connectivity index (χ4v) is 2.02. The first-order valence-corrected chi connectivity index (χ1v) is 6.74. The van der Waals surface area contributed by atoms with Crippen molar-refractivity contribution in [1.82, 2.24) is 4.98 Å². The second-order valence-electron chi connectivity index (χ2n) is 5.06. The number of nitrogens with one attached hydrogen (secondary N) is 1. The van der Waals surface area contributed by atoms with E-state index in [4.69, 9.17) is 4.74 Å². The summed E-state index contributed by atoms with van der Waals surface area (Å²) in [7, 11) is 5.34. The maximum absolute atomic E-state index is 13.7. The van der Waals surface area contributed by atoms with Crippen LogP contribution in [0.25, 0.3) is 0 Å². The van der Waals surface area contributed by atoms with Gasteiger partial charge in [0.05, 0.1) is 19.0 Å². The van der Waals surface area contributed by atoms with E-state index in [1.54, 1.807) is 12.3 Å². The summed E-state index contributed by atoms with van der Waals surface area (Å²) in [5, 5.41) is 3.30. The van der Waals surface area contributed by atoms with Crippen LogP contribution in [0.5, 0.6) is 5.75 Å². The maximum Gasteiger partial charge on any atom is 0.165 e. The molecule has 1 N–H and O–H groups in total. The zero-order chi connectivity index (χ0) is 15.4. The van der Waals surface area contributed by atoms with Gasteiger partial charge in [-0.25, -0.2) is 9.37 Å². The second-order valence-corrected chi connectivity index (χ2v) is 5.06. The second kappa shape index (κ2) is 6.43. The highest BCUT2D eigenvalue weighted by Gasteiger charge is 2.10. The molecular formula is C16H20FN3O. The van der Waals surface area contributed by atoms with Crippen LogP contribution >= 0.6 is 0 Å². The molecule has 0 aliphatic heterocycles. The molecule has 0 aliphatic rings. The fourth-order valence-electron chi connectivity index (χ4n) is 2.02. The number of hydrogen-bond donors (Lipinski definition) is 1. The molecule has 0 radical (unpaired) electrons. The average molecular weight is 289 g/mol. The normalized spacial score (nSPS) is 11.9. The number of aromatic nitrogens is 1. The lowest BCUT2D eigenvalue weighted by molar-refractivity contribution is 0.386. The van der Waals surface area contributed by atoms with Crippen LogP contribution < -0.4 is 15.0 Å². The van der Waals surface area contributed by atoms with E-state index in [9.17, 15) is 4.39 Å².